The van der Waals surface area contributed by atoms with Crippen LogP contribution in [0.15, 0.2) is 168 Å². The highest BCUT2D eigenvalue weighted by atomic mass is 16.5. The minimum absolute atomic E-state index is 0.232. The molecule has 0 radical (unpaired) electrons. The Balaban J connectivity index is 1.08. The van der Waals surface area contributed by atoms with Gasteiger partial charge < -0.3 is 14.1 Å². The number of anilines is 3. The molecule has 1 aromatic heterocycles. The number of benzene rings is 7. The maximum absolute atomic E-state index is 6.81. The molecule has 1 aliphatic rings. The standard InChI is InChI=1S/C45H33NO2/c1-45(2)38-26-21-33(29-42(38)48-44-39(45)27-28-41-43(44)37-15-9-10-16-40(37)47-41)32-19-24-36(25-20-32)46(34-13-7-4-8-14-34)35-22-17-31(18-23-35)30-11-5-3-6-12-30/h3-29H,1-2H3. The summed E-state index contributed by atoms with van der Waals surface area (Å²) in [6, 6.07) is 57.7. The first kappa shape index (κ1) is 28.2. The van der Waals surface area contributed by atoms with Crippen molar-refractivity contribution in [3.8, 4) is 33.8 Å². The van der Waals surface area contributed by atoms with Crippen LogP contribution in [0.25, 0.3) is 44.2 Å². The average molecular weight is 620 g/mol. The summed E-state index contributed by atoms with van der Waals surface area (Å²) in [6.07, 6.45) is 0. The molecule has 0 unspecified atom stereocenters. The second-order valence-corrected chi connectivity index (χ2v) is 13.0. The minimum atomic E-state index is -0.232. The molecule has 0 amide bonds. The Morgan fingerprint density at radius 3 is 1.71 bits per heavy atom. The predicted octanol–water partition coefficient (Wildman–Crippen LogP) is 12.8. The first-order valence-electron chi connectivity index (χ1n) is 16.4. The number of furan rings is 1. The van der Waals surface area contributed by atoms with Gasteiger partial charge in [0.2, 0.25) is 0 Å². The van der Waals surface area contributed by atoms with Gasteiger partial charge in [-0.25, -0.2) is 0 Å². The molecule has 0 saturated carbocycles. The van der Waals surface area contributed by atoms with E-state index in [-0.39, 0.29) is 5.41 Å². The van der Waals surface area contributed by atoms with Gasteiger partial charge in [0.1, 0.15) is 22.7 Å². The van der Waals surface area contributed by atoms with E-state index in [2.05, 4.69) is 170 Å². The number of fused-ring (bicyclic) bond motifs is 6. The molecule has 0 atom stereocenters. The van der Waals surface area contributed by atoms with Crippen LogP contribution in [0.1, 0.15) is 25.0 Å². The molecule has 7 aromatic carbocycles. The molecule has 0 saturated heterocycles. The third kappa shape index (κ3) is 4.58. The second kappa shape index (κ2) is 11.0. The fourth-order valence-electron chi connectivity index (χ4n) is 7.20. The number of hydrogen-bond donors (Lipinski definition) is 0. The first-order valence-corrected chi connectivity index (χ1v) is 16.4. The van der Waals surface area contributed by atoms with Crippen molar-refractivity contribution in [2.75, 3.05) is 4.90 Å². The number of hydrogen-bond acceptors (Lipinski definition) is 3. The topological polar surface area (TPSA) is 25.6 Å². The van der Waals surface area contributed by atoms with Crippen molar-refractivity contribution in [3.63, 3.8) is 0 Å². The van der Waals surface area contributed by atoms with Gasteiger partial charge in [-0.15, -0.1) is 0 Å². The summed E-state index contributed by atoms with van der Waals surface area (Å²) in [5.74, 6) is 1.77. The molecule has 0 bridgehead atoms. The van der Waals surface area contributed by atoms with Crippen LogP contribution in [-0.2, 0) is 5.41 Å². The smallest absolute Gasteiger partial charge is 0.143 e. The summed E-state index contributed by atoms with van der Waals surface area (Å²) >= 11 is 0. The van der Waals surface area contributed by atoms with Gasteiger partial charge in [0.25, 0.3) is 0 Å². The molecule has 3 heteroatoms. The second-order valence-electron chi connectivity index (χ2n) is 13.0. The summed E-state index contributed by atoms with van der Waals surface area (Å²) in [6.45, 7) is 4.56. The normalized spacial score (nSPS) is 13.1. The monoisotopic (exact) mass is 619 g/mol. The molecule has 0 N–H and O–H groups in total. The van der Waals surface area contributed by atoms with Crippen molar-refractivity contribution >= 4 is 39.0 Å². The Hall–Kier alpha value is -6.06. The molecule has 9 rings (SSSR count). The third-order valence-corrected chi connectivity index (χ3v) is 9.74. The van der Waals surface area contributed by atoms with Crippen LogP contribution in [0, 0.1) is 0 Å². The largest absolute Gasteiger partial charge is 0.456 e. The molecule has 8 aromatic rings. The molecule has 0 spiro atoms. The summed E-state index contributed by atoms with van der Waals surface area (Å²) < 4.78 is 13.0. The number of ether oxygens (including phenoxy) is 1. The molecule has 230 valence electrons. The molecule has 0 aliphatic carbocycles. The van der Waals surface area contributed by atoms with Gasteiger partial charge in [-0.1, -0.05) is 123 Å². The number of nitrogens with zero attached hydrogens (tertiary/aromatic N) is 1. The lowest BCUT2D eigenvalue weighted by molar-refractivity contribution is 0.423. The van der Waals surface area contributed by atoms with Gasteiger partial charge in [-0.2, -0.15) is 0 Å². The van der Waals surface area contributed by atoms with Crippen LogP contribution in [0.5, 0.6) is 11.5 Å². The predicted molar refractivity (Wildman–Crippen MR) is 198 cm³/mol. The van der Waals surface area contributed by atoms with E-state index in [9.17, 15) is 0 Å². The zero-order valence-electron chi connectivity index (χ0n) is 26.9. The van der Waals surface area contributed by atoms with Crippen molar-refractivity contribution in [2.45, 2.75) is 19.3 Å². The average Bonchev–Trinajstić information content (AvgIpc) is 3.52. The van der Waals surface area contributed by atoms with E-state index in [1.807, 2.05) is 12.1 Å². The van der Waals surface area contributed by atoms with Crippen LogP contribution in [-0.4, -0.2) is 0 Å². The van der Waals surface area contributed by atoms with E-state index in [0.29, 0.717) is 0 Å². The third-order valence-electron chi connectivity index (χ3n) is 9.74. The zero-order chi connectivity index (χ0) is 32.2. The minimum Gasteiger partial charge on any atom is -0.456 e. The van der Waals surface area contributed by atoms with E-state index < -0.39 is 0 Å². The van der Waals surface area contributed by atoms with Gasteiger partial charge >= 0.3 is 0 Å². The highest BCUT2D eigenvalue weighted by Gasteiger charge is 2.36. The van der Waals surface area contributed by atoms with E-state index >= 15 is 0 Å². The molecule has 3 nitrogen and oxygen atoms in total. The summed E-state index contributed by atoms with van der Waals surface area (Å²) in [7, 11) is 0. The van der Waals surface area contributed by atoms with Crippen molar-refractivity contribution in [3.05, 3.63) is 175 Å². The Morgan fingerprint density at radius 1 is 0.458 bits per heavy atom. The molecule has 2 heterocycles. The lowest BCUT2D eigenvalue weighted by atomic mass is 9.75. The van der Waals surface area contributed by atoms with E-state index in [1.54, 1.807) is 0 Å². The Kier molecular flexibility index (Phi) is 6.48. The van der Waals surface area contributed by atoms with E-state index in [0.717, 1.165) is 61.6 Å². The Morgan fingerprint density at radius 2 is 1.00 bits per heavy atom. The molecular weight excluding hydrogens is 587 g/mol. The first-order chi connectivity index (χ1) is 23.5. The molecule has 0 fully saturated rings. The van der Waals surface area contributed by atoms with E-state index in [1.165, 1.54) is 22.3 Å². The maximum atomic E-state index is 6.81. The van der Waals surface area contributed by atoms with Crippen LogP contribution >= 0.6 is 0 Å². The molecular formula is C45H33NO2. The highest BCUT2D eigenvalue weighted by Crippen LogP contribution is 2.52. The van der Waals surface area contributed by atoms with Crippen LogP contribution in [0.3, 0.4) is 0 Å². The van der Waals surface area contributed by atoms with Gasteiger partial charge in [0, 0.05) is 39.0 Å². The van der Waals surface area contributed by atoms with Crippen molar-refractivity contribution in [1.82, 2.24) is 0 Å². The van der Waals surface area contributed by atoms with Crippen molar-refractivity contribution in [1.29, 1.82) is 0 Å². The van der Waals surface area contributed by atoms with Crippen molar-refractivity contribution < 1.29 is 9.15 Å². The van der Waals surface area contributed by atoms with Gasteiger partial charge in [0.15, 0.2) is 0 Å². The lowest BCUT2D eigenvalue weighted by Gasteiger charge is -2.35. The fraction of sp³-hybridized carbons (Fsp3) is 0.0667. The Bertz CT molecular complexity index is 2420. The Labute approximate surface area is 280 Å². The summed E-state index contributed by atoms with van der Waals surface area (Å²) in [5, 5.41) is 2.11. The highest BCUT2D eigenvalue weighted by molar-refractivity contribution is 6.09. The zero-order valence-corrected chi connectivity index (χ0v) is 26.9. The van der Waals surface area contributed by atoms with Gasteiger partial charge in [0.05, 0.1) is 5.39 Å². The number of para-hydroxylation sites is 2. The summed E-state index contributed by atoms with van der Waals surface area (Å²) in [4.78, 5) is 2.30. The molecule has 1 aliphatic heterocycles. The summed E-state index contributed by atoms with van der Waals surface area (Å²) in [5.41, 5.74) is 11.8. The SMILES string of the molecule is CC1(C)c2ccc(-c3ccc(N(c4ccccc4)c4ccc(-c5ccccc5)cc4)cc3)cc2Oc2c1ccc1oc3ccccc3c21. The quantitative estimate of drug-likeness (QED) is 0.192. The molecule has 48 heavy (non-hydrogen) atoms. The van der Waals surface area contributed by atoms with Crippen LogP contribution in [0.2, 0.25) is 0 Å². The van der Waals surface area contributed by atoms with Gasteiger partial charge in [-0.05, 0) is 76.9 Å². The van der Waals surface area contributed by atoms with Gasteiger partial charge in [-0.3, -0.25) is 0 Å². The fourth-order valence-corrected chi connectivity index (χ4v) is 7.20. The van der Waals surface area contributed by atoms with Crippen LogP contribution in [0.4, 0.5) is 17.1 Å². The van der Waals surface area contributed by atoms with E-state index in [4.69, 9.17) is 9.15 Å². The number of rotatable bonds is 5. The van der Waals surface area contributed by atoms with Crippen molar-refractivity contribution in [2.24, 2.45) is 0 Å². The lowest BCUT2D eigenvalue weighted by Crippen LogP contribution is -2.24. The van der Waals surface area contributed by atoms with Crippen LogP contribution < -0.4 is 9.64 Å². The maximum Gasteiger partial charge on any atom is 0.143 e.